The minimum absolute atomic E-state index is 0.392. The van der Waals surface area contributed by atoms with Gasteiger partial charge in [-0.2, -0.15) is 0 Å². The second kappa shape index (κ2) is 10.2. The van der Waals surface area contributed by atoms with Crippen LogP contribution in [0.4, 0.5) is 5.82 Å². The molecule has 1 rings (SSSR count). The molecule has 6 heteroatoms. The average molecular weight is 324 g/mol. The van der Waals surface area contributed by atoms with Gasteiger partial charge >= 0.3 is 5.97 Å². The molecule has 0 bridgehead atoms. The van der Waals surface area contributed by atoms with Crippen LogP contribution >= 0.6 is 11.8 Å². The number of unbranched alkanes of at least 4 members (excludes halogenated alkanes) is 5. The number of esters is 1. The zero-order valence-electron chi connectivity index (χ0n) is 13.5. The number of aliphatic imine (C=N–C) groups is 1. The summed E-state index contributed by atoms with van der Waals surface area (Å²) < 4.78 is 4.81. The standard InChI is InChI=1S/C16H24N2O3S/c1-4-5-6-7-8-9-10-22-14-13(16(20)21-3)12(2)18-15(14)17-11-19/h18H,4-10H2,1-3H3. The molecule has 0 aliphatic carbocycles. The van der Waals surface area contributed by atoms with Crippen molar-refractivity contribution in [3.8, 4) is 0 Å². The maximum absolute atomic E-state index is 11.9. The fourth-order valence-electron chi connectivity index (χ4n) is 2.25. The second-order valence-corrected chi connectivity index (χ2v) is 6.22. The van der Waals surface area contributed by atoms with E-state index in [-0.39, 0.29) is 0 Å². The number of aryl methyl sites for hydroxylation is 1. The SMILES string of the molecule is CCCCCCCCSc1c(N=C=O)[nH]c(C)c1C(=O)OC. The summed E-state index contributed by atoms with van der Waals surface area (Å²) in [6, 6.07) is 0. The number of nitrogens with one attached hydrogen (secondary N) is 1. The highest BCUT2D eigenvalue weighted by atomic mass is 32.2. The zero-order chi connectivity index (χ0) is 16.4. The number of aromatic amines is 1. The van der Waals surface area contributed by atoms with Gasteiger partial charge in [0, 0.05) is 5.69 Å². The van der Waals surface area contributed by atoms with Crippen molar-refractivity contribution in [2.45, 2.75) is 57.3 Å². The number of H-pyrrole nitrogens is 1. The highest BCUT2D eigenvalue weighted by molar-refractivity contribution is 7.99. The first-order valence-corrected chi connectivity index (χ1v) is 8.65. The third-order valence-electron chi connectivity index (χ3n) is 3.41. The quantitative estimate of drug-likeness (QED) is 0.226. The molecule has 0 aliphatic heterocycles. The molecular formula is C16H24N2O3S. The van der Waals surface area contributed by atoms with Gasteiger partial charge < -0.3 is 9.72 Å². The number of rotatable bonds is 10. The fourth-order valence-corrected chi connectivity index (χ4v) is 3.42. The van der Waals surface area contributed by atoms with E-state index in [1.807, 2.05) is 0 Å². The Labute approximate surface area is 135 Å². The zero-order valence-corrected chi connectivity index (χ0v) is 14.3. The molecule has 1 N–H and O–H groups in total. The van der Waals surface area contributed by atoms with Crippen molar-refractivity contribution < 1.29 is 14.3 Å². The Bertz CT molecular complexity index is 534. The molecule has 0 saturated heterocycles. The summed E-state index contributed by atoms with van der Waals surface area (Å²) >= 11 is 1.54. The van der Waals surface area contributed by atoms with E-state index in [2.05, 4.69) is 16.9 Å². The number of hydrogen-bond donors (Lipinski definition) is 1. The van der Waals surface area contributed by atoms with Crippen LogP contribution < -0.4 is 0 Å². The highest BCUT2D eigenvalue weighted by Crippen LogP contribution is 2.35. The van der Waals surface area contributed by atoms with Gasteiger partial charge in [0.1, 0.15) is 0 Å². The number of thioether (sulfide) groups is 1. The Morgan fingerprint density at radius 2 is 1.95 bits per heavy atom. The molecule has 0 fully saturated rings. The fraction of sp³-hybridized carbons (Fsp3) is 0.625. The van der Waals surface area contributed by atoms with E-state index < -0.39 is 5.97 Å². The van der Waals surface area contributed by atoms with Gasteiger partial charge in [-0.1, -0.05) is 39.0 Å². The van der Waals surface area contributed by atoms with Gasteiger partial charge in [0.15, 0.2) is 5.82 Å². The van der Waals surface area contributed by atoms with Crippen LogP contribution in [0.15, 0.2) is 9.89 Å². The molecule has 0 unspecified atom stereocenters. The lowest BCUT2D eigenvalue weighted by atomic mass is 10.1. The summed E-state index contributed by atoms with van der Waals surface area (Å²) in [7, 11) is 1.35. The summed E-state index contributed by atoms with van der Waals surface area (Å²) in [5, 5.41) is 0. The van der Waals surface area contributed by atoms with Crippen molar-refractivity contribution in [2.75, 3.05) is 12.9 Å². The first-order chi connectivity index (χ1) is 10.7. The van der Waals surface area contributed by atoms with E-state index >= 15 is 0 Å². The number of hydrogen-bond acceptors (Lipinski definition) is 5. The molecule has 5 nitrogen and oxygen atoms in total. The monoisotopic (exact) mass is 324 g/mol. The smallest absolute Gasteiger partial charge is 0.340 e. The Morgan fingerprint density at radius 3 is 2.59 bits per heavy atom. The van der Waals surface area contributed by atoms with E-state index in [1.54, 1.807) is 6.92 Å². The minimum Gasteiger partial charge on any atom is -0.465 e. The number of isocyanates is 1. The molecule has 122 valence electrons. The summed E-state index contributed by atoms with van der Waals surface area (Å²) in [5.41, 5.74) is 1.12. The minimum atomic E-state index is -0.411. The van der Waals surface area contributed by atoms with Gasteiger partial charge in [-0.3, -0.25) is 0 Å². The van der Waals surface area contributed by atoms with Crippen LogP contribution in [0.2, 0.25) is 0 Å². The predicted octanol–water partition coefficient (Wildman–Crippen LogP) is 4.53. The topological polar surface area (TPSA) is 71.5 Å². The van der Waals surface area contributed by atoms with Crippen molar-refractivity contribution in [3.05, 3.63) is 11.3 Å². The largest absolute Gasteiger partial charge is 0.465 e. The Kier molecular flexibility index (Phi) is 8.63. The number of ether oxygens (including phenoxy) is 1. The molecule has 0 amide bonds. The van der Waals surface area contributed by atoms with Crippen LogP contribution in [-0.4, -0.2) is 29.9 Å². The summed E-state index contributed by atoms with van der Waals surface area (Å²) in [5.74, 6) is 0.866. The molecule has 22 heavy (non-hydrogen) atoms. The molecule has 1 heterocycles. The highest BCUT2D eigenvalue weighted by Gasteiger charge is 2.22. The van der Waals surface area contributed by atoms with E-state index in [4.69, 9.17) is 4.74 Å². The van der Waals surface area contributed by atoms with Crippen LogP contribution in [-0.2, 0) is 9.53 Å². The first-order valence-electron chi connectivity index (χ1n) is 7.67. The molecule has 1 aromatic heterocycles. The third kappa shape index (κ3) is 5.35. The summed E-state index contributed by atoms with van der Waals surface area (Å²) in [4.78, 5) is 29.7. The van der Waals surface area contributed by atoms with Crippen LogP contribution in [0.3, 0.4) is 0 Å². The van der Waals surface area contributed by atoms with Gasteiger partial charge in [0.25, 0.3) is 0 Å². The van der Waals surface area contributed by atoms with E-state index in [0.29, 0.717) is 22.0 Å². The van der Waals surface area contributed by atoms with Gasteiger partial charge in [0.05, 0.1) is 17.6 Å². The van der Waals surface area contributed by atoms with E-state index in [9.17, 15) is 9.59 Å². The third-order valence-corrected chi connectivity index (χ3v) is 4.59. The van der Waals surface area contributed by atoms with Gasteiger partial charge in [-0.15, -0.1) is 16.8 Å². The number of aromatic nitrogens is 1. The van der Waals surface area contributed by atoms with E-state index in [0.717, 1.165) is 12.2 Å². The number of carbonyl (C=O) groups is 1. The Hall–Kier alpha value is -1.52. The molecule has 0 aromatic carbocycles. The maximum atomic E-state index is 11.9. The van der Waals surface area contributed by atoms with Crippen molar-refractivity contribution in [1.29, 1.82) is 0 Å². The molecule has 0 radical (unpaired) electrons. The van der Waals surface area contributed by atoms with Gasteiger partial charge in [0.2, 0.25) is 6.08 Å². The molecule has 0 saturated carbocycles. The predicted molar refractivity (Wildman–Crippen MR) is 88.8 cm³/mol. The summed E-state index contributed by atoms with van der Waals surface area (Å²) in [6.45, 7) is 3.97. The molecular weight excluding hydrogens is 300 g/mol. The lowest BCUT2D eigenvalue weighted by Crippen LogP contribution is -2.03. The van der Waals surface area contributed by atoms with Gasteiger partial charge in [-0.25, -0.2) is 9.59 Å². The molecule has 0 atom stereocenters. The Morgan fingerprint density at radius 1 is 1.27 bits per heavy atom. The van der Waals surface area contributed by atoms with Crippen LogP contribution in [0, 0.1) is 6.92 Å². The van der Waals surface area contributed by atoms with Crippen LogP contribution in [0.1, 0.15) is 61.5 Å². The number of nitrogens with zero attached hydrogens (tertiary/aromatic N) is 1. The van der Waals surface area contributed by atoms with Crippen molar-refractivity contribution >= 4 is 29.6 Å². The number of carbonyl (C=O) groups excluding carboxylic acids is 2. The average Bonchev–Trinajstić information content (AvgIpc) is 2.81. The van der Waals surface area contributed by atoms with E-state index in [1.165, 1.54) is 57.1 Å². The second-order valence-electron chi connectivity index (χ2n) is 5.11. The number of methoxy groups -OCH3 is 1. The maximum Gasteiger partial charge on any atom is 0.340 e. The lowest BCUT2D eigenvalue weighted by molar-refractivity contribution is 0.0596. The molecule has 0 aliphatic rings. The van der Waals surface area contributed by atoms with Crippen molar-refractivity contribution in [1.82, 2.24) is 4.98 Å². The summed E-state index contributed by atoms with van der Waals surface area (Å²) in [6.07, 6.45) is 8.82. The first kappa shape index (κ1) is 18.5. The van der Waals surface area contributed by atoms with Crippen LogP contribution in [0.5, 0.6) is 0 Å². The molecule has 1 aromatic rings. The van der Waals surface area contributed by atoms with Crippen molar-refractivity contribution in [2.24, 2.45) is 4.99 Å². The lowest BCUT2D eigenvalue weighted by Gasteiger charge is -2.04. The Balaban J connectivity index is 2.67. The van der Waals surface area contributed by atoms with Crippen LogP contribution in [0.25, 0.3) is 0 Å². The normalized spacial score (nSPS) is 10.3. The van der Waals surface area contributed by atoms with Gasteiger partial charge in [-0.05, 0) is 19.1 Å². The molecule has 0 spiro atoms. The van der Waals surface area contributed by atoms with Crippen molar-refractivity contribution in [3.63, 3.8) is 0 Å².